The third-order valence-electron chi connectivity index (χ3n) is 2.93. The van der Waals surface area contributed by atoms with Crippen LogP contribution in [0.15, 0.2) is 12.1 Å². The largest absolute Gasteiger partial charge is 0.496 e. The number of methoxy groups -OCH3 is 2. The Balaban J connectivity index is 3.05. The van der Waals surface area contributed by atoms with Crippen molar-refractivity contribution in [3.63, 3.8) is 0 Å². The van der Waals surface area contributed by atoms with Gasteiger partial charge >= 0.3 is 0 Å². The smallest absolute Gasteiger partial charge is 0.138 e. The number of rotatable bonds is 6. The van der Waals surface area contributed by atoms with Gasteiger partial charge in [0.25, 0.3) is 0 Å². The molecule has 0 fully saturated rings. The third-order valence-corrected chi connectivity index (χ3v) is 3.23. The Morgan fingerprint density at radius 1 is 1.28 bits per heavy atom. The second-order valence-corrected chi connectivity index (χ2v) is 4.66. The average molecular weight is 274 g/mol. The Morgan fingerprint density at radius 3 is 2.39 bits per heavy atom. The monoisotopic (exact) mass is 273 g/mol. The van der Waals surface area contributed by atoms with Gasteiger partial charge < -0.3 is 20.3 Å². The first-order valence-electron chi connectivity index (χ1n) is 5.83. The minimum Gasteiger partial charge on any atom is -0.496 e. The predicted molar refractivity (Wildman–Crippen MR) is 72.6 cm³/mol. The van der Waals surface area contributed by atoms with Gasteiger partial charge in [0.05, 0.1) is 25.3 Å². The topological polar surface area (TPSA) is 64.7 Å². The van der Waals surface area contributed by atoms with E-state index in [2.05, 4.69) is 0 Å². The fourth-order valence-corrected chi connectivity index (χ4v) is 2.13. The van der Waals surface area contributed by atoms with Crippen molar-refractivity contribution in [2.24, 2.45) is 5.73 Å². The van der Waals surface area contributed by atoms with Gasteiger partial charge in [-0.1, -0.05) is 18.5 Å². The summed E-state index contributed by atoms with van der Waals surface area (Å²) < 4.78 is 10.5. The van der Waals surface area contributed by atoms with E-state index in [-0.39, 0.29) is 12.5 Å². The Hall–Kier alpha value is -0.970. The number of aliphatic hydroxyl groups is 1. The van der Waals surface area contributed by atoms with E-state index in [4.69, 9.17) is 26.8 Å². The Labute approximate surface area is 113 Å². The summed E-state index contributed by atoms with van der Waals surface area (Å²) in [5.74, 6) is 1.39. The van der Waals surface area contributed by atoms with Gasteiger partial charge in [0.2, 0.25) is 0 Å². The highest BCUT2D eigenvalue weighted by Gasteiger charge is 2.18. The molecule has 3 N–H and O–H groups in total. The lowest BCUT2D eigenvalue weighted by atomic mass is 9.94. The van der Waals surface area contributed by atoms with Gasteiger partial charge in [-0.05, 0) is 18.4 Å². The van der Waals surface area contributed by atoms with Crippen LogP contribution in [0.4, 0.5) is 0 Å². The minimum atomic E-state index is -0.522. The molecule has 0 heterocycles. The fourth-order valence-electron chi connectivity index (χ4n) is 1.90. The Bertz CT molecular complexity index is 398. The molecule has 102 valence electrons. The van der Waals surface area contributed by atoms with Crippen LogP contribution in [0.25, 0.3) is 0 Å². The first kappa shape index (κ1) is 15.1. The van der Waals surface area contributed by atoms with E-state index < -0.39 is 6.10 Å². The molecule has 0 aliphatic carbocycles. The highest BCUT2D eigenvalue weighted by atomic mass is 35.5. The van der Waals surface area contributed by atoms with Crippen molar-refractivity contribution in [1.29, 1.82) is 0 Å². The summed E-state index contributed by atoms with van der Waals surface area (Å²) in [5, 5.41) is 10.1. The van der Waals surface area contributed by atoms with E-state index in [9.17, 15) is 5.11 Å². The molecule has 0 aliphatic heterocycles. The molecule has 18 heavy (non-hydrogen) atoms. The molecule has 0 aromatic heterocycles. The molecule has 1 aromatic rings. The molecule has 0 aliphatic rings. The second kappa shape index (κ2) is 6.83. The maximum Gasteiger partial charge on any atom is 0.138 e. The molecule has 2 atom stereocenters. The number of aliphatic hydroxyl groups excluding tert-OH is 1. The van der Waals surface area contributed by atoms with Crippen LogP contribution in [0, 0.1) is 0 Å². The maximum absolute atomic E-state index is 9.61. The number of nitrogens with two attached hydrogens (primary N) is 1. The van der Waals surface area contributed by atoms with E-state index in [1.165, 1.54) is 0 Å². The molecule has 1 aromatic carbocycles. The van der Waals surface area contributed by atoms with Gasteiger partial charge in [0, 0.05) is 18.2 Å². The van der Waals surface area contributed by atoms with E-state index in [0.29, 0.717) is 22.9 Å². The molecule has 0 saturated heterocycles. The SMILES string of the molecule is COc1cc(C(C)CC(O)CN)c(OC)cc1Cl. The van der Waals surface area contributed by atoms with Gasteiger partial charge in [-0.3, -0.25) is 0 Å². The molecule has 0 radical (unpaired) electrons. The van der Waals surface area contributed by atoms with E-state index in [1.54, 1.807) is 20.3 Å². The van der Waals surface area contributed by atoms with E-state index in [0.717, 1.165) is 5.56 Å². The molecular formula is C13H20ClNO3. The summed E-state index contributed by atoms with van der Waals surface area (Å²) >= 11 is 6.04. The van der Waals surface area contributed by atoms with Gasteiger partial charge in [0.15, 0.2) is 0 Å². The normalized spacial score (nSPS) is 14.1. The highest BCUT2D eigenvalue weighted by Crippen LogP contribution is 2.37. The highest BCUT2D eigenvalue weighted by molar-refractivity contribution is 6.32. The molecule has 0 saturated carbocycles. The summed E-state index contributed by atoms with van der Waals surface area (Å²) in [7, 11) is 3.16. The minimum absolute atomic E-state index is 0.102. The van der Waals surface area contributed by atoms with E-state index >= 15 is 0 Å². The zero-order chi connectivity index (χ0) is 13.7. The second-order valence-electron chi connectivity index (χ2n) is 4.25. The van der Waals surface area contributed by atoms with Crippen molar-refractivity contribution >= 4 is 11.6 Å². The zero-order valence-corrected chi connectivity index (χ0v) is 11.7. The van der Waals surface area contributed by atoms with Crippen LogP contribution in [-0.2, 0) is 0 Å². The van der Waals surface area contributed by atoms with Crippen LogP contribution in [0.5, 0.6) is 11.5 Å². The molecule has 0 bridgehead atoms. The van der Waals surface area contributed by atoms with Crippen molar-refractivity contribution in [1.82, 2.24) is 0 Å². The van der Waals surface area contributed by atoms with Crippen LogP contribution in [0.2, 0.25) is 5.02 Å². The Morgan fingerprint density at radius 2 is 1.89 bits per heavy atom. The number of benzene rings is 1. The lowest BCUT2D eigenvalue weighted by Crippen LogP contribution is -2.21. The van der Waals surface area contributed by atoms with Gasteiger partial charge in [-0.25, -0.2) is 0 Å². The molecule has 4 nitrogen and oxygen atoms in total. The van der Waals surface area contributed by atoms with Gasteiger partial charge in [-0.2, -0.15) is 0 Å². The zero-order valence-electron chi connectivity index (χ0n) is 10.9. The molecule has 5 heteroatoms. The predicted octanol–water partition coefficient (Wildman–Crippen LogP) is 2.17. The van der Waals surface area contributed by atoms with Gasteiger partial charge in [-0.15, -0.1) is 0 Å². The van der Waals surface area contributed by atoms with E-state index in [1.807, 2.05) is 13.0 Å². The lowest BCUT2D eigenvalue weighted by Gasteiger charge is -2.19. The molecule has 1 rings (SSSR count). The molecule has 2 unspecified atom stereocenters. The van der Waals surface area contributed by atoms with Crippen LogP contribution in [-0.4, -0.2) is 32.0 Å². The summed E-state index contributed by atoms with van der Waals surface area (Å²) in [5.41, 5.74) is 6.37. The van der Waals surface area contributed by atoms with Crippen LogP contribution in [0.3, 0.4) is 0 Å². The fraction of sp³-hybridized carbons (Fsp3) is 0.538. The Kier molecular flexibility index (Phi) is 5.72. The first-order valence-corrected chi connectivity index (χ1v) is 6.20. The van der Waals surface area contributed by atoms with Crippen LogP contribution >= 0.6 is 11.6 Å². The summed E-state index contributed by atoms with van der Waals surface area (Å²) in [6.45, 7) is 2.25. The van der Waals surface area contributed by atoms with Gasteiger partial charge in [0.1, 0.15) is 11.5 Å². The number of halogens is 1. The molecular weight excluding hydrogens is 254 g/mol. The van der Waals surface area contributed by atoms with Crippen LogP contribution in [0.1, 0.15) is 24.8 Å². The summed E-state index contributed by atoms with van der Waals surface area (Å²) in [4.78, 5) is 0. The first-order chi connectivity index (χ1) is 8.53. The van der Waals surface area contributed by atoms with Crippen molar-refractivity contribution in [2.45, 2.75) is 25.4 Å². The maximum atomic E-state index is 9.61. The third kappa shape index (κ3) is 3.51. The van der Waals surface area contributed by atoms with Crippen molar-refractivity contribution in [3.8, 4) is 11.5 Å². The number of hydrogen-bond acceptors (Lipinski definition) is 4. The van der Waals surface area contributed by atoms with Crippen molar-refractivity contribution < 1.29 is 14.6 Å². The molecule has 0 amide bonds. The molecule has 0 spiro atoms. The van der Waals surface area contributed by atoms with Crippen LogP contribution < -0.4 is 15.2 Å². The average Bonchev–Trinajstić information content (AvgIpc) is 2.37. The van der Waals surface area contributed by atoms with Crippen molar-refractivity contribution in [3.05, 3.63) is 22.7 Å². The number of ether oxygens (including phenoxy) is 2. The lowest BCUT2D eigenvalue weighted by molar-refractivity contribution is 0.164. The van der Waals surface area contributed by atoms with Crippen molar-refractivity contribution in [2.75, 3.05) is 20.8 Å². The standard InChI is InChI=1S/C13H20ClNO3/c1-8(4-9(16)7-15)10-5-13(18-3)11(14)6-12(10)17-2/h5-6,8-9,16H,4,7,15H2,1-3H3. The quantitative estimate of drug-likeness (QED) is 0.834. The number of hydrogen-bond donors (Lipinski definition) is 2. The summed E-state index contributed by atoms with van der Waals surface area (Å²) in [6.07, 6.45) is 0.0452. The summed E-state index contributed by atoms with van der Waals surface area (Å²) in [6, 6.07) is 3.57.